The van der Waals surface area contributed by atoms with Gasteiger partial charge in [-0.15, -0.1) is 0 Å². The fourth-order valence-corrected chi connectivity index (χ4v) is 2.65. The second-order valence-corrected chi connectivity index (χ2v) is 7.10. The van der Waals surface area contributed by atoms with E-state index >= 15 is 0 Å². The Bertz CT molecular complexity index is 283. The summed E-state index contributed by atoms with van der Waals surface area (Å²) < 4.78 is 0. The molecule has 3 nitrogen and oxygen atoms in total. The van der Waals surface area contributed by atoms with Gasteiger partial charge in [-0.2, -0.15) is 0 Å². The Morgan fingerprint density at radius 2 is 2.11 bits per heavy atom. The van der Waals surface area contributed by atoms with Crippen LogP contribution in [0.1, 0.15) is 60.3 Å². The molecule has 2 unspecified atom stereocenters. The van der Waals surface area contributed by atoms with Crippen LogP contribution in [0.25, 0.3) is 0 Å². The first-order chi connectivity index (χ1) is 8.84. The number of likely N-dealkylation sites (tertiary alicyclic amines) is 1. The molecule has 1 saturated heterocycles. The Balaban J connectivity index is 2.25. The van der Waals surface area contributed by atoms with Gasteiger partial charge in [0.05, 0.1) is 0 Å². The molecule has 0 radical (unpaired) electrons. The number of nitrogens with zero attached hydrogens (tertiary/aromatic N) is 1. The van der Waals surface area contributed by atoms with E-state index in [0.29, 0.717) is 17.9 Å². The van der Waals surface area contributed by atoms with E-state index in [9.17, 15) is 4.79 Å². The van der Waals surface area contributed by atoms with E-state index in [2.05, 4.69) is 44.8 Å². The third-order valence-corrected chi connectivity index (χ3v) is 4.25. The Hall–Kier alpha value is -0.570. The molecule has 112 valence electrons. The first-order valence-electron chi connectivity index (χ1n) is 7.85. The zero-order chi connectivity index (χ0) is 14.5. The molecule has 0 aromatic rings. The van der Waals surface area contributed by atoms with Crippen LogP contribution in [0.2, 0.25) is 0 Å². The number of rotatable bonds is 7. The highest BCUT2D eigenvalue weighted by atomic mass is 16.2. The van der Waals surface area contributed by atoms with E-state index < -0.39 is 0 Å². The van der Waals surface area contributed by atoms with Gasteiger partial charge in [0.2, 0.25) is 5.91 Å². The Labute approximate surface area is 119 Å². The summed E-state index contributed by atoms with van der Waals surface area (Å²) in [6.45, 7) is 14.1. The molecule has 0 aromatic carbocycles. The molecule has 2 atom stereocenters. The highest BCUT2D eigenvalue weighted by Crippen LogP contribution is 2.34. The molecular weight excluding hydrogens is 236 g/mol. The molecule has 1 amide bonds. The SMILES string of the molecule is CCCNC(C)CCCN1CC(C(C)(C)C)CC1=O. The first kappa shape index (κ1) is 16.5. The standard InChI is InChI=1S/C16H32N2O/c1-6-9-17-13(2)8-7-10-18-12-14(11-15(18)19)16(3,4)5/h13-14,17H,6-12H2,1-5H3. The lowest BCUT2D eigenvalue weighted by Gasteiger charge is -2.26. The lowest BCUT2D eigenvalue weighted by Crippen LogP contribution is -2.31. The van der Waals surface area contributed by atoms with E-state index in [4.69, 9.17) is 0 Å². The molecule has 0 aliphatic carbocycles. The van der Waals surface area contributed by atoms with Crippen molar-refractivity contribution in [2.45, 2.75) is 66.3 Å². The van der Waals surface area contributed by atoms with E-state index in [-0.39, 0.29) is 5.41 Å². The van der Waals surface area contributed by atoms with Crippen molar-refractivity contribution in [1.82, 2.24) is 10.2 Å². The minimum atomic E-state index is 0.250. The maximum Gasteiger partial charge on any atom is 0.222 e. The maximum atomic E-state index is 12.0. The Morgan fingerprint density at radius 1 is 1.42 bits per heavy atom. The fraction of sp³-hybridized carbons (Fsp3) is 0.938. The van der Waals surface area contributed by atoms with Crippen molar-refractivity contribution in [2.75, 3.05) is 19.6 Å². The van der Waals surface area contributed by atoms with Gasteiger partial charge in [-0.3, -0.25) is 4.79 Å². The summed E-state index contributed by atoms with van der Waals surface area (Å²) in [6, 6.07) is 0.566. The summed E-state index contributed by atoms with van der Waals surface area (Å²) >= 11 is 0. The van der Waals surface area contributed by atoms with Gasteiger partial charge in [0.25, 0.3) is 0 Å². The molecular formula is C16H32N2O. The Kier molecular flexibility index (Phi) is 6.31. The van der Waals surface area contributed by atoms with E-state index in [1.54, 1.807) is 0 Å². The van der Waals surface area contributed by atoms with Gasteiger partial charge in [0.15, 0.2) is 0 Å². The third-order valence-electron chi connectivity index (χ3n) is 4.25. The zero-order valence-corrected chi connectivity index (χ0v) is 13.5. The smallest absolute Gasteiger partial charge is 0.222 e. The molecule has 1 aliphatic heterocycles. The second-order valence-electron chi connectivity index (χ2n) is 7.10. The summed E-state index contributed by atoms with van der Waals surface area (Å²) in [6.07, 6.45) is 4.19. The van der Waals surface area contributed by atoms with Gasteiger partial charge in [0.1, 0.15) is 0 Å². The van der Waals surface area contributed by atoms with E-state index in [1.165, 1.54) is 6.42 Å². The normalized spacial score (nSPS) is 22.1. The van der Waals surface area contributed by atoms with E-state index in [1.807, 2.05) is 0 Å². The molecule has 0 bridgehead atoms. The summed E-state index contributed by atoms with van der Waals surface area (Å²) in [5, 5.41) is 3.50. The van der Waals surface area contributed by atoms with Crippen molar-refractivity contribution >= 4 is 5.91 Å². The molecule has 0 saturated carbocycles. The van der Waals surface area contributed by atoms with Crippen LogP contribution in [0.5, 0.6) is 0 Å². The lowest BCUT2D eigenvalue weighted by molar-refractivity contribution is -0.127. The highest BCUT2D eigenvalue weighted by molar-refractivity contribution is 5.78. The topological polar surface area (TPSA) is 32.3 Å². The molecule has 1 N–H and O–H groups in total. The van der Waals surface area contributed by atoms with Crippen molar-refractivity contribution in [3.05, 3.63) is 0 Å². The first-order valence-corrected chi connectivity index (χ1v) is 7.85. The highest BCUT2D eigenvalue weighted by Gasteiger charge is 2.36. The van der Waals surface area contributed by atoms with Crippen molar-refractivity contribution < 1.29 is 4.79 Å². The van der Waals surface area contributed by atoms with Crippen molar-refractivity contribution in [3.63, 3.8) is 0 Å². The van der Waals surface area contributed by atoms with Crippen LogP contribution in [0.3, 0.4) is 0 Å². The lowest BCUT2D eigenvalue weighted by atomic mass is 9.80. The summed E-state index contributed by atoms with van der Waals surface area (Å²) in [5.41, 5.74) is 0.250. The van der Waals surface area contributed by atoms with Gasteiger partial charge in [-0.05, 0) is 44.1 Å². The molecule has 1 fully saturated rings. The van der Waals surface area contributed by atoms with Gasteiger partial charge in [-0.1, -0.05) is 27.7 Å². The number of hydrogen-bond donors (Lipinski definition) is 1. The summed E-state index contributed by atoms with van der Waals surface area (Å²) in [7, 11) is 0. The maximum absolute atomic E-state index is 12.0. The van der Waals surface area contributed by atoms with Crippen LogP contribution in [-0.2, 0) is 4.79 Å². The average molecular weight is 268 g/mol. The van der Waals surface area contributed by atoms with Gasteiger partial charge in [-0.25, -0.2) is 0 Å². The second kappa shape index (κ2) is 7.28. The summed E-state index contributed by atoms with van der Waals surface area (Å²) in [5.74, 6) is 0.879. The minimum absolute atomic E-state index is 0.250. The number of carbonyl (C=O) groups excluding carboxylic acids is 1. The molecule has 1 heterocycles. The molecule has 1 aliphatic rings. The predicted molar refractivity (Wildman–Crippen MR) is 81.1 cm³/mol. The molecule has 1 rings (SSSR count). The average Bonchev–Trinajstić information content (AvgIpc) is 2.68. The molecule has 0 spiro atoms. The quantitative estimate of drug-likeness (QED) is 0.769. The van der Waals surface area contributed by atoms with Crippen LogP contribution < -0.4 is 5.32 Å². The van der Waals surface area contributed by atoms with Crippen molar-refractivity contribution in [3.8, 4) is 0 Å². The number of carbonyl (C=O) groups is 1. The largest absolute Gasteiger partial charge is 0.342 e. The van der Waals surface area contributed by atoms with Gasteiger partial charge in [0, 0.05) is 25.6 Å². The zero-order valence-electron chi connectivity index (χ0n) is 13.5. The van der Waals surface area contributed by atoms with Gasteiger partial charge < -0.3 is 10.2 Å². The fourth-order valence-electron chi connectivity index (χ4n) is 2.65. The minimum Gasteiger partial charge on any atom is -0.342 e. The monoisotopic (exact) mass is 268 g/mol. The molecule has 0 aromatic heterocycles. The number of nitrogens with one attached hydrogen (secondary N) is 1. The Morgan fingerprint density at radius 3 is 2.63 bits per heavy atom. The van der Waals surface area contributed by atoms with Crippen molar-refractivity contribution in [1.29, 1.82) is 0 Å². The van der Waals surface area contributed by atoms with Gasteiger partial charge >= 0.3 is 0 Å². The van der Waals surface area contributed by atoms with Crippen LogP contribution in [-0.4, -0.2) is 36.5 Å². The van der Waals surface area contributed by atoms with Crippen LogP contribution >= 0.6 is 0 Å². The van der Waals surface area contributed by atoms with Crippen LogP contribution in [0.4, 0.5) is 0 Å². The number of amides is 1. The number of hydrogen-bond acceptors (Lipinski definition) is 2. The summed E-state index contributed by atoms with van der Waals surface area (Å²) in [4.78, 5) is 14.1. The van der Waals surface area contributed by atoms with E-state index in [0.717, 1.165) is 38.9 Å². The van der Waals surface area contributed by atoms with Crippen molar-refractivity contribution in [2.24, 2.45) is 11.3 Å². The molecule has 3 heteroatoms. The molecule has 19 heavy (non-hydrogen) atoms. The van der Waals surface area contributed by atoms with Crippen LogP contribution in [0.15, 0.2) is 0 Å². The van der Waals surface area contributed by atoms with Crippen LogP contribution in [0, 0.1) is 11.3 Å². The predicted octanol–water partition coefficient (Wildman–Crippen LogP) is 3.05. The third kappa shape index (κ3) is 5.52.